The Morgan fingerprint density at radius 1 is 1.27 bits per heavy atom. The molecule has 1 saturated heterocycles. The van der Waals surface area contributed by atoms with Crippen LogP contribution in [0.1, 0.15) is 16.6 Å². The zero-order valence-corrected chi connectivity index (χ0v) is 15.8. The third-order valence-electron chi connectivity index (χ3n) is 4.00. The summed E-state index contributed by atoms with van der Waals surface area (Å²) in [6.07, 6.45) is 1.61. The maximum absolute atomic E-state index is 12.6. The molecule has 1 aromatic carbocycles. The minimum Gasteiger partial charge on any atom is -0.493 e. The first kappa shape index (κ1) is 18.3. The lowest BCUT2D eigenvalue weighted by Gasteiger charge is -2.24. The molecule has 138 valence electrons. The summed E-state index contributed by atoms with van der Waals surface area (Å²) in [4.78, 5) is 22.6. The van der Waals surface area contributed by atoms with Gasteiger partial charge < -0.3 is 19.1 Å². The second-order valence-corrected chi connectivity index (χ2v) is 6.88. The van der Waals surface area contributed by atoms with E-state index in [2.05, 4.69) is 9.97 Å². The van der Waals surface area contributed by atoms with E-state index in [0.29, 0.717) is 18.0 Å². The first-order valence-corrected chi connectivity index (χ1v) is 9.22. The molecule has 0 spiro atoms. The Kier molecular flexibility index (Phi) is 5.82. The van der Waals surface area contributed by atoms with Gasteiger partial charge in [0.1, 0.15) is 5.37 Å². The predicted molar refractivity (Wildman–Crippen MR) is 98.7 cm³/mol. The van der Waals surface area contributed by atoms with E-state index in [1.54, 1.807) is 38.2 Å². The van der Waals surface area contributed by atoms with Crippen LogP contribution in [-0.2, 0) is 4.79 Å². The van der Waals surface area contributed by atoms with E-state index in [4.69, 9.17) is 14.2 Å². The molecule has 2 heterocycles. The predicted octanol–water partition coefficient (Wildman–Crippen LogP) is 2.46. The van der Waals surface area contributed by atoms with E-state index in [1.807, 2.05) is 30.0 Å². The molecule has 26 heavy (non-hydrogen) atoms. The third-order valence-corrected chi connectivity index (χ3v) is 5.26. The van der Waals surface area contributed by atoms with Crippen molar-refractivity contribution in [1.82, 2.24) is 14.9 Å². The Morgan fingerprint density at radius 3 is 2.81 bits per heavy atom. The lowest BCUT2D eigenvalue weighted by Crippen LogP contribution is -2.34. The number of carbonyl (C=O) groups is 1. The Labute approximate surface area is 156 Å². The molecule has 8 heteroatoms. The van der Waals surface area contributed by atoms with Crippen LogP contribution < -0.4 is 14.2 Å². The van der Waals surface area contributed by atoms with Crippen LogP contribution in [0, 0.1) is 6.92 Å². The van der Waals surface area contributed by atoms with Crippen LogP contribution in [0.4, 0.5) is 0 Å². The maximum atomic E-state index is 12.6. The second-order valence-electron chi connectivity index (χ2n) is 5.69. The molecule has 2 aromatic rings. The number of methoxy groups -OCH3 is 2. The zero-order chi connectivity index (χ0) is 18.5. The maximum Gasteiger partial charge on any atom is 0.317 e. The van der Waals surface area contributed by atoms with Crippen LogP contribution in [0.25, 0.3) is 0 Å². The van der Waals surface area contributed by atoms with Gasteiger partial charge in [-0.3, -0.25) is 4.79 Å². The highest BCUT2D eigenvalue weighted by atomic mass is 32.2. The van der Waals surface area contributed by atoms with Gasteiger partial charge in [0.15, 0.2) is 18.1 Å². The number of benzene rings is 1. The van der Waals surface area contributed by atoms with Crippen molar-refractivity contribution in [3.05, 3.63) is 41.7 Å². The number of ether oxygens (including phenoxy) is 3. The third kappa shape index (κ3) is 4.01. The molecule has 0 saturated carbocycles. The molecular formula is C18H21N3O4S. The van der Waals surface area contributed by atoms with Crippen LogP contribution in [0.2, 0.25) is 0 Å². The largest absolute Gasteiger partial charge is 0.493 e. The van der Waals surface area contributed by atoms with Gasteiger partial charge in [0.2, 0.25) is 0 Å². The fourth-order valence-electron chi connectivity index (χ4n) is 2.71. The van der Waals surface area contributed by atoms with E-state index < -0.39 is 0 Å². The number of carbonyl (C=O) groups excluding carboxylic acids is 1. The van der Waals surface area contributed by atoms with Crippen molar-refractivity contribution in [3.63, 3.8) is 0 Å². The van der Waals surface area contributed by atoms with Gasteiger partial charge in [-0.2, -0.15) is 0 Å². The summed E-state index contributed by atoms with van der Waals surface area (Å²) in [5.41, 5.74) is 1.78. The second kappa shape index (κ2) is 8.27. The van der Waals surface area contributed by atoms with Gasteiger partial charge >= 0.3 is 6.01 Å². The highest BCUT2D eigenvalue weighted by Crippen LogP contribution is 2.40. The van der Waals surface area contributed by atoms with Crippen LogP contribution >= 0.6 is 11.8 Å². The summed E-state index contributed by atoms with van der Waals surface area (Å²) in [5, 5.41) is -0.0793. The van der Waals surface area contributed by atoms with Gasteiger partial charge in [0.05, 0.1) is 14.2 Å². The van der Waals surface area contributed by atoms with E-state index in [0.717, 1.165) is 17.0 Å². The molecule has 3 rings (SSSR count). The molecular weight excluding hydrogens is 354 g/mol. The number of hydrogen-bond donors (Lipinski definition) is 0. The minimum atomic E-state index is -0.0973. The number of rotatable bonds is 6. The van der Waals surface area contributed by atoms with E-state index in [1.165, 1.54) is 0 Å². The number of nitrogens with zero attached hydrogens (tertiary/aromatic N) is 3. The lowest BCUT2D eigenvalue weighted by molar-refractivity contribution is -0.133. The van der Waals surface area contributed by atoms with Crippen molar-refractivity contribution in [2.75, 3.05) is 33.1 Å². The molecule has 1 fully saturated rings. The number of aryl methyl sites for hydroxylation is 1. The molecule has 0 aliphatic carbocycles. The SMILES string of the molecule is COc1ccc(C2SCCN2C(=O)COc2nccc(C)n2)cc1OC. The highest BCUT2D eigenvalue weighted by Gasteiger charge is 2.31. The molecule has 1 atom stereocenters. The molecule has 0 bridgehead atoms. The summed E-state index contributed by atoms with van der Waals surface area (Å²) < 4.78 is 16.1. The standard InChI is InChI=1S/C18H21N3O4S/c1-12-6-7-19-18(20-12)25-11-16(22)21-8-9-26-17(21)13-4-5-14(23-2)15(10-13)24-3/h4-7,10,17H,8-9,11H2,1-3H3. The Bertz CT molecular complexity index is 787. The van der Waals surface area contributed by atoms with Crippen LogP contribution in [0.3, 0.4) is 0 Å². The highest BCUT2D eigenvalue weighted by molar-refractivity contribution is 7.99. The van der Waals surface area contributed by atoms with Gasteiger partial charge in [0.25, 0.3) is 5.91 Å². The zero-order valence-electron chi connectivity index (χ0n) is 15.0. The number of amides is 1. The fourth-order valence-corrected chi connectivity index (χ4v) is 3.98. The van der Waals surface area contributed by atoms with E-state index in [-0.39, 0.29) is 23.9 Å². The van der Waals surface area contributed by atoms with Gasteiger partial charge in [-0.1, -0.05) is 6.07 Å². The monoisotopic (exact) mass is 375 g/mol. The summed E-state index contributed by atoms with van der Waals surface area (Å²) in [6, 6.07) is 7.71. The molecule has 1 amide bonds. The first-order chi connectivity index (χ1) is 12.6. The molecule has 1 unspecified atom stereocenters. The van der Waals surface area contributed by atoms with Crippen molar-refractivity contribution in [1.29, 1.82) is 0 Å². The van der Waals surface area contributed by atoms with Crippen molar-refractivity contribution in [2.45, 2.75) is 12.3 Å². The Morgan fingerprint density at radius 2 is 2.08 bits per heavy atom. The average molecular weight is 375 g/mol. The van der Waals surface area contributed by atoms with Gasteiger partial charge in [0, 0.05) is 24.2 Å². The molecule has 7 nitrogen and oxygen atoms in total. The van der Waals surface area contributed by atoms with Gasteiger partial charge in [-0.15, -0.1) is 11.8 Å². The number of thioether (sulfide) groups is 1. The minimum absolute atomic E-state index is 0.0793. The smallest absolute Gasteiger partial charge is 0.317 e. The van der Waals surface area contributed by atoms with E-state index in [9.17, 15) is 4.79 Å². The van der Waals surface area contributed by atoms with Crippen molar-refractivity contribution in [3.8, 4) is 17.5 Å². The molecule has 0 radical (unpaired) electrons. The van der Waals surface area contributed by atoms with Crippen molar-refractivity contribution < 1.29 is 19.0 Å². The van der Waals surface area contributed by atoms with Crippen molar-refractivity contribution in [2.24, 2.45) is 0 Å². The molecule has 0 N–H and O–H groups in total. The lowest BCUT2D eigenvalue weighted by atomic mass is 10.2. The first-order valence-electron chi connectivity index (χ1n) is 8.18. The topological polar surface area (TPSA) is 73.8 Å². The fraction of sp³-hybridized carbons (Fsp3) is 0.389. The molecule has 1 aromatic heterocycles. The van der Waals surface area contributed by atoms with Crippen LogP contribution in [0.5, 0.6) is 17.5 Å². The van der Waals surface area contributed by atoms with E-state index >= 15 is 0 Å². The summed E-state index contributed by atoms with van der Waals surface area (Å²) in [6.45, 7) is 2.43. The summed E-state index contributed by atoms with van der Waals surface area (Å²) >= 11 is 1.71. The summed E-state index contributed by atoms with van der Waals surface area (Å²) in [5.74, 6) is 2.08. The quantitative estimate of drug-likeness (QED) is 0.768. The number of aromatic nitrogens is 2. The average Bonchev–Trinajstić information content (AvgIpc) is 3.15. The van der Waals surface area contributed by atoms with Crippen molar-refractivity contribution >= 4 is 17.7 Å². The van der Waals surface area contributed by atoms with Crippen LogP contribution in [-0.4, -0.2) is 53.9 Å². The molecule has 1 aliphatic rings. The van der Waals surface area contributed by atoms with Gasteiger partial charge in [-0.25, -0.2) is 9.97 Å². The number of hydrogen-bond acceptors (Lipinski definition) is 7. The van der Waals surface area contributed by atoms with Gasteiger partial charge in [-0.05, 0) is 30.7 Å². The Balaban J connectivity index is 1.70. The molecule has 1 aliphatic heterocycles. The van der Waals surface area contributed by atoms with Crippen LogP contribution in [0.15, 0.2) is 30.5 Å². The normalized spacial score (nSPS) is 16.4. The Hall–Kier alpha value is -2.48. The summed E-state index contributed by atoms with van der Waals surface area (Å²) in [7, 11) is 3.20.